The van der Waals surface area contributed by atoms with E-state index >= 15 is 0 Å². The fourth-order valence-corrected chi connectivity index (χ4v) is 2.38. The number of hydrogen-bond donors (Lipinski definition) is 1. The molecular formula is C20H16F3NO8. The Balaban J connectivity index is 2.02. The summed E-state index contributed by atoms with van der Waals surface area (Å²) in [6.07, 6.45) is -4.88. The van der Waals surface area contributed by atoms with E-state index in [2.05, 4.69) is 19.5 Å². The fourth-order valence-electron chi connectivity index (χ4n) is 2.38. The summed E-state index contributed by atoms with van der Waals surface area (Å²) in [4.78, 5) is 47.6. The van der Waals surface area contributed by atoms with Gasteiger partial charge in [-0.05, 0) is 42.5 Å². The lowest BCUT2D eigenvalue weighted by Gasteiger charge is -2.10. The van der Waals surface area contributed by atoms with E-state index in [1.807, 2.05) is 0 Å². The summed E-state index contributed by atoms with van der Waals surface area (Å²) in [6, 6.07) is 7.56. The SMILES string of the molecule is COC(=O)c1cc(NC(=O)COC(=O)c2ccc(OC(F)(F)F)cc2)cc(C(=O)OC)c1. The first-order chi connectivity index (χ1) is 15.0. The molecule has 0 aliphatic heterocycles. The molecule has 0 aliphatic carbocycles. The number of methoxy groups -OCH3 is 2. The first-order valence-electron chi connectivity index (χ1n) is 8.67. The smallest absolute Gasteiger partial charge is 0.465 e. The van der Waals surface area contributed by atoms with E-state index in [9.17, 15) is 32.3 Å². The van der Waals surface area contributed by atoms with Crippen molar-refractivity contribution in [3.8, 4) is 5.75 Å². The quantitative estimate of drug-likeness (QED) is 0.500. The van der Waals surface area contributed by atoms with Gasteiger partial charge in [0.1, 0.15) is 5.75 Å². The normalized spacial score (nSPS) is 10.7. The second-order valence-corrected chi connectivity index (χ2v) is 5.98. The van der Waals surface area contributed by atoms with Gasteiger partial charge in [0.2, 0.25) is 0 Å². The summed E-state index contributed by atoms with van der Waals surface area (Å²) < 4.78 is 54.1. The standard InChI is InChI=1S/C20H16F3NO8/c1-29-17(26)12-7-13(18(27)30-2)9-14(8-12)24-16(25)10-31-19(28)11-3-5-15(6-4-11)32-20(21,22)23/h3-9H,10H2,1-2H3,(H,24,25). The zero-order chi connectivity index (χ0) is 23.9. The number of hydrogen-bond acceptors (Lipinski definition) is 8. The van der Waals surface area contributed by atoms with E-state index < -0.39 is 42.5 Å². The van der Waals surface area contributed by atoms with Crippen LogP contribution in [0.1, 0.15) is 31.1 Å². The average molecular weight is 455 g/mol. The van der Waals surface area contributed by atoms with Crippen molar-refractivity contribution in [3.05, 3.63) is 59.2 Å². The van der Waals surface area contributed by atoms with Gasteiger partial charge in [-0.1, -0.05) is 0 Å². The van der Waals surface area contributed by atoms with Crippen LogP contribution in [0, 0.1) is 0 Å². The molecule has 32 heavy (non-hydrogen) atoms. The first-order valence-corrected chi connectivity index (χ1v) is 8.67. The number of carbonyl (C=O) groups is 4. The van der Waals surface area contributed by atoms with E-state index in [1.54, 1.807) is 0 Å². The van der Waals surface area contributed by atoms with Gasteiger partial charge in [0, 0.05) is 5.69 Å². The largest absolute Gasteiger partial charge is 0.573 e. The van der Waals surface area contributed by atoms with Crippen LogP contribution in [0.2, 0.25) is 0 Å². The number of anilines is 1. The number of alkyl halides is 3. The molecule has 2 aromatic carbocycles. The highest BCUT2D eigenvalue weighted by molar-refractivity contribution is 6.00. The maximum Gasteiger partial charge on any atom is 0.573 e. The fraction of sp³-hybridized carbons (Fsp3) is 0.200. The minimum Gasteiger partial charge on any atom is -0.465 e. The van der Waals surface area contributed by atoms with Gasteiger partial charge in [-0.25, -0.2) is 14.4 Å². The van der Waals surface area contributed by atoms with Gasteiger partial charge in [-0.3, -0.25) is 4.79 Å². The van der Waals surface area contributed by atoms with Crippen LogP contribution in [0.5, 0.6) is 5.75 Å². The van der Waals surface area contributed by atoms with Gasteiger partial charge >= 0.3 is 24.3 Å². The molecule has 0 bridgehead atoms. The minimum absolute atomic E-state index is 0.0306. The number of benzene rings is 2. The number of carbonyl (C=O) groups excluding carboxylic acids is 4. The van der Waals surface area contributed by atoms with E-state index in [1.165, 1.54) is 18.2 Å². The second kappa shape index (κ2) is 10.3. The highest BCUT2D eigenvalue weighted by Crippen LogP contribution is 2.23. The summed E-state index contributed by atoms with van der Waals surface area (Å²) in [5.74, 6) is -3.85. The van der Waals surface area contributed by atoms with Crippen LogP contribution >= 0.6 is 0 Å². The van der Waals surface area contributed by atoms with Crippen molar-refractivity contribution in [1.29, 1.82) is 0 Å². The molecular weight excluding hydrogens is 439 g/mol. The number of halogens is 3. The Morgan fingerprint density at radius 3 is 1.81 bits per heavy atom. The molecule has 0 atom stereocenters. The molecule has 0 saturated carbocycles. The van der Waals surface area contributed by atoms with Crippen LogP contribution in [0.15, 0.2) is 42.5 Å². The number of amides is 1. The van der Waals surface area contributed by atoms with Gasteiger partial charge in [-0.2, -0.15) is 0 Å². The van der Waals surface area contributed by atoms with Gasteiger partial charge in [0.05, 0.1) is 30.9 Å². The zero-order valence-corrected chi connectivity index (χ0v) is 16.6. The van der Waals surface area contributed by atoms with Crippen molar-refractivity contribution >= 4 is 29.5 Å². The predicted octanol–water partition coefficient (Wildman–Crippen LogP) is 2.95. The molecule has 0 heterocycles. The third-order valence-corrected chi connectivity index (χ3v) is 3.72. The van der Waals surface area contributed by atoms with Crippen LogP contribution in [0.25, 0.3) is 0 Å². The van der Waals surface area contributed by atoms with Crippen molar-refractivity contribution in [1.82, 2.24) is 0 Å². The third kappa shape index (κ3) is 7.00. The summed E-state index contributed by atoms with van der Waals surface area (Å²) in [5, 5.41) is 2.35. The van der Waals surface area contributed by atoms with Crippen LogP contribution in [-0.4, -0.2) is 51.0 Å². The van der Waals surface area contributed by atoms with E-state index in [0.717, 1.165) is 38.5 Å². The molecule has 0 radical (unpaired) electrons. The lowest BCUT2D eigenvalue weighted by Crippen LogP contribution is -2.21. The molecule has 0 fully saturated rings. The Labute approximate surface area is 179 Å². The second-order valence-electron chi connectivity index (χ2n) is 5.98. The van der Waals surface area contributed by atoms with Crippen LogP contribution in [0.3, 0.4) is 0 Å². The molecule has 9 nitrogen and oxygen atoms in total. The summed E-state index contributed by atoms with van der Waals surface area (Å²) >= 11 is 0. The van der Waals surface area contributed by atoms with E-state index in [0.29, 0.717) is 0 Å². The topological polar surface area (TPSA) is 117 Å². The number of nitrogens with one attached hydrogen (secondary N) is 1. The van der Waals surface area contributed by atoms with Crippen LogP contribution in [0.4, 0.5) is 18.9 Å². The molecule has 2 rings (SSSR count). The van der Waals surface area contributed by atoms with Gasteiger partial charge < -0.3 is 24.3 Å². The number of ether oxygens (including phenoxy) is 4. The monoisotopic (exact) mass is 455 g/mol. The Morgan fingerprint density at radius 2 is 1.34 bits per heavy atom. The van der Waals surface area contributed by atoms with Gasteiger partial charge in [0.15, 0.2) is 6.61 Å². The summed E-state index contributed by atoms with van der Waals surface area (Å²) in [5.41, 5.74) is -0.163. The highest BCUT2D eigenvalue weighted by Gasteiger charge is 2.31. The van der Waals surface area contributed by atoms with E-state index in [-0.39, 0.29) is 22.4 Å². The molecule has 0 aliphatic rings. The molecule has 2 aromatic rings. The average Bonchev–Trinajstić information content (AvgIpc) is 2.75. The molecule has 1 amide bonds. The summed E-state index contributed by atoms with van der Waals surface area (Å²) in [6.45, 7) is -0.754. The van der Waals surface area contributed by atoms with Gasteiger partial charge in [0.25, 0.3) is 5.91 Å². The third-order valence-electron chi connectivity index (χ3n) is 3.72. The Morgan fingerprint density at radius 1 is 0.812 bits per heavy atom. The zero-order valence-electron chi connectivity index (χ0n) is 16.6. The van der Waals surface area contributed by atoms with Crippen molar-refractivity contribution in [2.75, 3.05) is 26.1 Å². The summed E-state index contributed by atoms with van der Waals surface area (Å²) in [7, 11) is 2.26. The number of esters is 3. The Hall–Kier alpha value is -4.09. The highest BCUT2D eigenvalue weighted by atomic mass is 19.4. The first kappa shape index (κ1) is 24.2. The van der Waals surface area contributed by atoms with Crippen LogP contribution < -0.4 is 10.1 Å². The van der Waals surface area contributed by atoms with Gasteiger partial charge in [-0.15, -0.1) is 13.2 Å². The maximum absolute atomic E-state index is 12.2. The maximum atomic E-state index is 12.2. The molecule has 1 N–H and O–H groups in total. The predicted molar refractivity (Wildman–Crippen MR) is 101 cm³/mol. The van der Waals surface area contributed by atoms with E-state index in [4.69, 9.17) is 4.74 Å². The molecule has 170 valence electrons. The molecule has 0 aromatic heterocycles. The Bertz CT molecular complexity index is 984. The lowest BCUT2D eigenvalue weighted by atomic mass is 10.1. The number of rotatable bonds is 7. The molecule has 0 unspecified atom stereocenters. The van der Waals surface area contributed by atoms with Crippen molar-refractivity contribution in [2.24, 2.45) is 0 Å². The molecule has 0 spiro atoms. The van der Waals surface area contributed by atoms with Crippen molar-refractivity contribution < 1.29 is 51.3 Å². The van der Waals surface area contributed by atoms with Crippen molar-refractivity contribution in [3.63, 3.8) is 0 Å². The van der Waals surface area contributed by atoms with Crippen LogP contribution in [-0.2, 0) is 19.0 Å². The van der Waals surface area contributed by atoms with Crippen molar-refractivity contribution in [2.45, 2.75) is 6.36 Å². The molecule has 0 saturated heterocycles. The minimum atomic E-state index is -4.88. The Kier molecular flexibility index (Phi) is 7.77. The molecule has 12 heteroatoms. The lowest BCUT2D eigenvalue weighted by molar-refractivity contribution is -0.274.